The largest absolute Gasteiger partial charge is 0.463 e. The number of carbonyl (C=O) groups excluding carboxylic acids is 3. The first-order valence-electron chi connectivity index (χ1n) is 12.6. The van der Waals surface area contributed by atoms with Crippen LogP contribution in [0.5, 0.6) is 0 Å². The second-order valence-corrected chi connectivity index (χ2v) is 9.02. The van der Waals surface area contributed by atoms with Gasteiger partial charge in [-0.15, -0.1) is 0 Å². The van der Waals surface area contributed by atoms with Gasteiger partial charge in [-0.3, -0.25) is 9.80 Å². The molecule has 2 N–H and O–H groups in total. The first kappa shape index (κ1) is 26.5. The second kappa shape index (κ2) is 12.1. The van der Waals surface area contributed by atoms with Crippen molar-refractivity contribution in [2.45, 2.75) is 47.1 Å². The van der Waals surface area contributed by atoms with Crippen molar-refractivity contribution < 1.29 is 19.1 Å². The van der Waals surface area contributed by atoms with Gasteiger partial charge in [-0.25, -0.2) is 14.4 Å². The van der Waals surface area contributed by atoms with E-state index in [4.69, 9.17) is 4.74 Å². The predicted molar refractivity (Wildman–Crippen MR) is 135 cm³/mol. The Morgan fingerprint density at radius 1 is 1.11 bits per heavy atom. The highest BCUT2D eigenvalue weighted by molar-refractivity contribution is 5.95. The Morgan fingerprint density at radius 2 is 1.89 bits per heavy atom. The molecule has 9 heteroatoms. The normalized spacial score (nSPS) is 19.3. The van der Waals surface area contributed by atoms with Crippen molar-refractivity contribution in [1.82, 2.24) is 25.3 Å². The van der Waals surface area contributed by atoms with E-state index in [2.05, 4.69) is 15.5 Å². The van der Waals surface area contributed by atoms with Gasteiger partial charge in [0.05, 0.1) is 18.2 Å². The molecule has 0 unspecified atom stereocenters. The lowest BCUT2D eigenvalue weighted by Crippen LogP contribution is -2.51. The molecule has 1 aromatic carbocycles. The molecular weight excluding hydrogens is 446 g/mol. The number of urea groups is 2. The maximum atomic E-state index is 13.3. The van der Waals surface area contributed by atoms with Gasteiger partial charge < -0.3 is 20.3 Å². The molecule has 0 aliphatic carbocycles. The van der Waals surface area contributed by atoms with Crippen LogP contribution in [0.15, 0.2) is 29.5 Å². The Labute approximate surface area is 208 Å². The fourth-order valence-electron chi connectivity index (χ4n) is 4.77. The van der Waals surface area contributed by atoms with Crippen LogP contribution >= 0.6 is 0 Å². The average Bonchev–Trinajstić information content (AvgIpc) is 3.06. The van der Waals surface area contributed by atoms with Gasteiger partial charge in [-0.2, -0.15) is 0 Å². The monoisotopic (exact) mass is 485 g/mol. The first-order chi connectivity index (χ1) is 16.8. The average molecular weight is 486 g/mol. The lowest BCUT2D eigenvalue weighted by molar-refractivity contribution is -0.139. The molecule has 2 aliphatic rings. The zero-order valence-electron chi connectivity index (χ0n) is 21.6. The number of likely N-dealkylation sites (N-methyl/N-ethyl adjacent to an activating group) is 1. The fraction of sp³-hybridized carbons (Fsp3) is 0.577. The van der Waals surface area contributed by atoms with Gasteiger partial charge in [0.1, 0.15) is 0 Å². The highest BCUT2D eigenvalue weighted by Gasteiger charge is 2.39. The number of esters is 1. The van der Waals surface area contributed by atoms with Gasteiger partial charge >= 0.3 is 18.0 Å². The Hall–Kier alpha value is -3.07. The summed E-state index contributed by atoms with van der Waals surface area (Å²) in [7, 11) is 0. The molecule has 0 bridgehead atoms. The van der Waals surface area contributed by atoms with Crippen molar-refractivity contribution in [2.75, 3.05) is 52.4 Å². The fourth-order valence-corrected chi connectivity index (χ4v) is 4.77. The number of nitrogens with zero attached hydrogens (tertiary/aromatic N) is 3. The molecule has 2 aliphatic heterocycles. The molecule has 0 spiro atoms. The van der Waals surface area contributed by atoms with Crippen LogP contribution in [0.4, 0.5) is 9.59 Å². The summed E-state index contributed by atoms with van der Waals surface area (Å²) in [6.07, 6.45) is 0.817. The van der Waals surface area contributed by atoms with Gasteiger partial charge in [-0.1, -0.05) is 23.8 Å². The van der Waals surface area contributed by atoms with E-state index >= 15 is 0 Å². The zero-order chi connectivity index (χ0) is 25.5. The summed E-state index contributed by atoms with van der Waals surface area (Å²) in [4.78, 5) is 44.6. The Balaban J connectivity index is 2.00. The second-order valence-electron chi connectivity index (χ2n) is 9.02. The van der Waals surface area contributed by atoms with Crippen LogP contribution in [0.3, 0.4) is 0 Å². The third-order valence-corrected chi connectivity index (χ3v) is 6.57. The molecule has 0 radical (unpaired) electrons. The number of benzene rings is 1. The Bertz CT molecular complexity index is 976. The predicted octanol–water partition coefficient (Wildman–Crippen LogP) is 2.94. The van der Waals surface area contributed by atoms with E-state index in [0.29, 0.717) is 50.5 Å². The van der Waals surface area contributed by atoms with E-state index in [1.54, 1.807) is 11.8 Å². The summed E-state index contributed by atoms with van der Waals surface area (Å²) in [5.41, 5.74) is 4.10. The van der Waals surface area contributed by atoms with Crippen molar-refractivity contribution in [2.24, 2.45) is 0 Å². The SMILES string of the molecule is CCNC(=O)N1CCCN(CC2=C(C(=O)OCC)[C@H](c3cc(C)ccc3C)NC(=O)N2CC)CC1. The highest BCUT2D eigenvalue weighted by atomic mass is 16.5. The van der Waals surface area contributed by atoms with Crippen molar-refractivity contribution >= 4 is 18.0 Å². The number of hydrogen-bond acceptors (Lipinski definition) is 5. The van der Waals surface area contributed by atoms with Gasteiger partial charge in [0.15, 0.2) is 0 Å². The van der Waals surface area contributed by atoms with E-state index < -0.39 is 12.0 Å². The van der Waals surface area contributed by atoms with Crippen LogP contribution in [0, 0.1) is 13.8 Å². The van der Waals surface area contributed by atoms with Crippen molar-refractivity contribution in [3.8, 4) is 0 Å². The lowest BCUT2D eigenvalue weighted by atomic mass is 9.90. The molecule has 1 atom stereocenters. The van der Waals surface area contributed by atoms with Crippen LogP contribution < -0.4 is 10.6 Å². The summed E-state index contributed by atoms with van der Waals surface area (Å²) in [5.74, 6) is -0.411. The highest BCUT2D eigenvalue weighted by Crippen LogP contribution is 2.34. The maximum Gasteiger partial charge on any atom is 0.338 e. The van der Waals surface area contributed by atoms with Gasteiger partial charge in [0, 0.05) is 51.5 Å². The number of carbonyl (C=O) groups is 3. The van der Waals surface area contributed by atoms with Crippen LogP contribution in [0.2, 0.25) is 0 Å². The summed E-state index contributed by atoms with van der Waals surface area (Å²) in [6, 6.07) is 5.19. The molecule has 3 rings (SSSR count). The summed E-state index contributed by atoms with van der Waals surface area (Å²) in [5, 5.41) is 5.92. The van der Waals surface area contributed by atoms with Gasteiger partial charge in [0.2, 0.25) is 0 Å². The molecule has 35 heavy (non-hydrogen) atoms. The molecule has 9 nitrogen and oxygen atoms in total. The number of nitrogens with one attached hydrogen (secondary N) is 2. The maximum absolute atomic E-state index is 13.3. The lowest BCUT2D eigenvalue weighted by Gasteiger charge is -2.38. The smallest absolute Gasteiger partial charge is 0.338 e. The number of rotatable bonds is 7. The van der Waals surface area contributed by atoms with Crippen molar-refractivity contribution in [3.63, 3.8) is 0 Å². The minimum absolute atomic E-state index is 0.0528. The molecule has 0 saturated carbocycles. The van der Waals surface area contributed by atoms with Crippen LogP contribution in [0.1, 0.15) is 49.9 Å². The van der Waals surface area contributed by atoms with E-state index in [0.717, 1.165) is 29.7 Å². The zero-order valence-corrected chi connectivity index (χ0v) is 21.6. The number of hydrogen-bond donors (Lipinski definition) is 2. The first-order valence-corrected chi connectivity index (χ1v) is 12.6. The van der Waals surface area contributed by atoms with E-state index in [-0.39, 0.29) is 18.7 Å². The van der Waals surface area contributed by atoms with Crippen LogP contribution in [-0.2, 0) is 9.53 Å². The third-order valence-electron chi connectivity index (χ3n) is 6.57. The number of amides is 4. The van der Waals surface area contributed by atoms with Gasteiger partial charge in [0.25, 0.3) is 0 Å². The minimum atomic E-state index is -0.585. The van der Waals surface area contributed by atoms with E-state index in [9.17, 15) is 14.4 Å². The minimum Gasteiger partial charge on any atom is -0.463 e. The molecular formula is C26H39N5O4. The van der Waals surface area contributed by atoms with Crippen LogP contribution in [-0.4, -0.2) is 85.2 Å². The standard InChI is InChI=1S/C26H39N5O4/c1-6-27-25(33)30-13-9-12-29(14-15-30)17-21-22(24(32)35-8-3)23(28-26(34)31(21)7-2)20-16-18(4)10-11-19(20)5/h10-11,16,23H,6-9,12-15,17H2,1-5H3,(H,27,33)(H,28,34)/t23-/m0/s1. The van der Waals surface area contributed by atoms with E-state index in [1.165, 1.54) is 0 Å². The van der Waals surface area contributed by atoms with Crippen molar-refractivity contribution in [3.05, 3.63) is 46.2 Å². The van der Waals surface area contributed by atoms with E-state index in [1.807, 2.05) is 50.8 Å². The molecule has 2 heterocycles. The summed E-state index contributed by atoms with van der Waals surface area (Å²) >= 11 is 0. The molecule has 1 saturated heterocycles. The number of aryl methyl sites for hydroxylation is 2. The summed E-state index contributed by atoms with van der Waals surface area (Å²) in [6.45, 7) is 14.0. The van der Waals surface area contributed by atoms with Crippen LogP contribution in [0.25, 0.3) is 0 Å². The summed E-state index contributed by atoms with van der Waals surface area (Å²) < 4.78 is 5.50. The quantitative estimate of drug-likeness (QED) is 0.579. The Morgan fingerprint density at radius 3 is 2.57 bits per heavy atom. The molecule has 1 aromatic rings. The van der Waals surface area contributed by atoms with Gasteiger partial charge in [-0.05, 0) is 52.2 Å². The number of ether oxygens (including phenoxy) is 1. The molecule has 192 valence electrons. The topological polar surface area (TPSA) is 94.2 Å². The molecule has 0 aromatic heterocycles. The molecule has 4 amide bonds. The third kappa shape index (κ3) is 6.14. The Kier molecular flexibility index (Phi) is 9.14. The van der Waals surface area contributed by atoms with Crippen molar-refractivity contribution in [1.29, 1.82) is 0 Å². The molecule has 1 fully saturated rings.